The molecule has 4 nitrogen and oxygen atoms in total. The van der Waals surface area contributed by atoms with Crippen molar-refractivity contribution < 1.29 is 0 Å². The molecule has 0 radical (unpaired) electrons. The summed E-state index contributed by atoms with van der Waals surface area (Å²) in [6.45, 7) is 1.96. The van der Waals surface area contributed by atoms with Crippen molar-refractivity contribution in [3.63, 3.8) is 0 Å². The van der Waals surface area contributed by atoms with Crippen molar-refractivity contribution in [3.05, 3.63) is 46.5 Å². The first-order valence-corrected chi connectivity index (χ1v) is 6.60. The predicted molar refractivity (Wildman–Crippen MR) is 75.6 cm³/mol. The van der Waals surface area contributed by atoms with Gasteiger partial charge in [-0.1, -0.05) is 36.2 Å². The highest BCUT2D eigenvalue weighted by atomic mass is 35.5. The second-order valence-corrected chi connectivity index (χ2v) is 4.77. The zero-order chi connectivity index (χ0) is 13.4. The van der Waals surface area contributed by atoms with E-state index in [1.54, 1.807) is 0 Å². The van der Waals surface area contributed by atoms with Gasteiger partial charge in [0.05, 0.1) is 0 Å². The molecular weight excluding hydrogens is 283 g/mol. The van der Waals surface area contributed by atoms with Gasteiger partial charge in [0.1, 0.15) is 21.6 Å². The number of hydrogen-bond acceptors (Lipinski definition) is 3. The summed E-state index contributed by atoms with van der Waals surface area (Å²) in [5.41, 5.74) is 2.24. The fourth-order valence-electron chi connectivity index (χ4n) is 1.88. The minimum absolute atomic E-state index is 0.384. The molecule has 3 rings (SSSR count). The maximum Gasteiger partial charge on any atom is 0.182 e. The van der Waals surface area contributed by atoms with Crippen LogP contribution in [-0.2, 0) is 6.42 Å². The maximum absolute atomic E-state index is 6.11. The molecule has 0 unspecified atom stereocenters. The Kier molecular flexibility index (Phi) is 3.12. The van der Waals surface area contributed by atoms with E-state index in [0.29, 0.717) is 28.2 Å². The smallest absolute Gasteiger partial charge is 0.182 e. The summed E-state index contributed by atoms with van der Waals surface area (Å²) < 4.78 is 1.90. The molecule has 0 amide bonds. The highest BCUT2D eigenvalue weighted by molar-refractivity contribution is 6.34. The molecule has 0 spiro atoms. The molecule has 96 valence electrons. The molecular formula is C13H10Cl2N4. The molecule has 0 aliphatic carbocycles. The van der Waals surface area contributed by atoms with E-state index >= 15 is 0 Å². The second kappa shape index (κ2) is 4.79. The Morgan fingerprint density at radius 3 is 2.47 bits per heavy atom. The third-order valence-corrected chi connectivity index (χ3v) is 3.48. The van der Waals surface area contributed by atoms with Crippen molar-refractivity contribution in [3.8, 4) is 11.5 Å². The Morgan fingerprint density at radius 2 is 1.84 bits per heavy atom. The van der Waals surface area contributed by atoms with E-state index in [2.05, 4.69) is 15.0 Å². The SMILES string of the molecule is CCc1c(Cl)nc(-c2cn3ccccc3n2)nc1Cl. The Bertz CT molecular complexity index is 695. The van der Waals surface area contributed by atoms with Crippen molar-refractivity contribution in [2.24, 2.45) is 0 Å². The lowest BCUT2D eigenvalue weighted by atomic mass is 10.2. The molecule has 6 heteroatoms. The van der Waals surface area contributed by atoms with E-state index in [1.807, 2.05) is 41.9 Å². The molecule has 0 N–H and O–H groups in total. The molecule has 0 atom stereocenters. The van der Waals surface area contributed by atoms with Gasteiger partial charge in [-0.3, -0.25) is 0 Å². The van der Waals surface area contributed by atoms with Gasteiger partial charge in [-0.05, 0) is 18.6 Å². The van der Waals surface area contributed by atoms with Crippen molar-refractivity contribution >= 4 is 28.8 Å². The van der Waals surface area contributed by atoms with E-state index in [0.717, 1.165) is 11.2 Å². The monoisotopic (exact) mass is 292 g/mol. The van der Waals surface area contributed by atoms with Gasteiger partial charge in [0.2, 0.25) is 0 Å². The Hall–Kier alpha value is -1.65. The van der Waals surface area contributed by atoms with Gasteiger partial charge in [0.25, 0.3) is 0 Å². The average Bonchev–Trinajstić information content (AvgIpc) is 2.82. The van der Waals surface area contributed by atoms with E-state index < -0.39 is 0 Å². The summed E-state index contributed by atoms with van der Waals surface area (Å²) in [7, 11) is 0. The fourth-order valence-corrected chi connectivity index (χ4v) is 2.53. The first kappa shape index (κ1) is 12.4. The summed E-state index contributed by atoms with van der Waals surface area (Å²) in [4.78, 5) is 13.0. The van der Waals surface area contributed by atoms with Crippen LogP contribution < -0.4 is 0 Å². The Labute approximate surface area is 120 Å². The van der Waals surface area contributed by atoms with Crippen LogP contribution in [0.15, 0.2) is 30.6 Å². The molecule has 0 saturated heterocycles. The third kappa shape index (κ3) is 2.17. The van der Waals surface area contributed by atoms with Gasteiger partial charge in [0.15, 0.2) is 5.82 Å². The second-order valence-electron chi connectivity index (χ2n) is 4.05. The van der Waals surface area contributed by atoms with Crippen LogP contribution in [0, 0.1) is 0 Å². The van der Waals surface area contributed by atoms with Gasteiger partial charge in [-0.15, -0.1) is 0 Å². The summed E-state index contributed by atoms with van der Waals surface area (Å²) in [5, 5.41) is 0.768. The van der Waals surface area contributed by atoms with Crippen molar-refractivity contribution in [1.82, 2.24) is 19.4 Å². The summed E-state index contributed by atoms with van der Waals surface area (Å²) in [6, 6.07) is 5.76. The number of pyridine rings is 1. The molecule has 3 aromatic rings. The first-order valence-electron chi connectivity index (χ1n) is 5.85. The van der Waals surface area contributed by atoms with E-state index in [9.17, 15) is 0 Å². The largest absolute Gasteiger partial charge is 0.306 e. The topological polar surface area (TPSA) is 43.1 Å². The quantitative estimate of drug-likeness (QED) is 0.677. The number of halogens is 2. The van der Waals surface area contributed by atoms with Gasteiger partial charge in [-0.25, -0.2) is 15.0 Å². The highest BCUT2D eigenvalue weighted by Crippen LogP contribution is 2.25. The van der Waals surface area contributed by atoms with Gasteiger partial charge < -0.3 is 4.40 Å². The molecule has 0 saturated carbocycles. The molecule has 0 bridgehead atoms. The van der Waals surface area contributed by atoms with Crippen LogP contribution in [0.3, 0.4) is 0 Å². The zero-order valence-electron chi connectivity index (χ0n) is 10.1. The lowest BCUT2D eigenvalue weighted by Gasteiger charge is -2.04. The van der Waals surface area contributed by atoms with Gasteiger partial charge >= 0.3 is 0 Å². The Morgan fingerprint density at radius 1 is 1.11 bits per heavy atom. The summed E-state index contributed by atoms with van der Waals surface area (Å²) >= 11 is 12.2. The number of hydrogen-bond donors (Lipinski definition) is 0. The molecule has 0 aliphatic heterocycles. The zero-order valence-corrected chi connectivity index (χ0v) is 11.7. The van der Waals surface area contributed by atoms with Gasteiger partial charge in [0, 0.05) is 18.0 Å². The van der Waals surface area contributed by atoms with Crippen LogP contribution in [0.1, 0.15) is 12.5 Å². The Balaban J connectivity index is 2.16. The van der Waals surface area contributed by atoms with Crippen LogP contribution in [0.5, 0.6) is 0 Å². The minimum Gasteiger partial charge on any atom is -0.306 e. The number of nitrogens with zero attached hydrogens (tertiary/aromatic N) is 4. The summed E-state index contributed by atoms with van der Waals surface area (Å²) in [5.74, 6) is 0.441. The molecule has 19 heavy (non-hydrogen) atoms. The van der Waals surface area contributed by atoms with E-state index in [-0.39, 0.29) is 0 Å². The molecule has 3 aromatic heterocycles. The van der Waals surface area contributed by atoms with Crippen molar-refractivity contribution in [2.45, 2.75) is 13.3 Å². The van der Waals surface area contributed by atoms with Gasteiger partial charge in [-0.2, -0.15) is 0 Å². The third-order valence-electron chi connectivity index (χ3n) is 2.85. The van der Waals surface area contributed by atoms with Crippen LogP contribution in [-0.4, -0.2) is 19.4 Å². The average molecular weight is 293 g/mol. The number of fused-ring (bicyclic) bond motifs is 1. The normalized spacial score (nSPS) is 11.1. The number of imidazole rings is 1. The molecule has 0 fully saturated rings. The van der Waals surface area contributed by atoms with Crippen LogP contribution in [0.2, 0.25) is 10.3 Å². The lowest BCUT2D eigenvalue weighted by Crippen LogP contribution is -1.96. The van der Waals surface area contributed by atoms with Crippen LogP contribution in [0.4, 0.5) is 0 Å². The summed E-state index contributed by atoms with van der Waals surface area (Å²) in [6.07, 6.45) is 4.46. The predicted octanol–water partition coefficient (Wildman–Crippen LogP) is 3.66. The fraction of sp³-hybridized carbons (Fsp3) is 0.154. The maximum atomic E-state index is 6.11. The van der Waals surface area contributed by atoms with Crippen molar-refractivity contribution in [1.29, 1.82) is 0 Å². The van der Waals surface area contributed by atoms with E-state index in [1.165, 1.54) is 0 Å². The van der Waals surface area contributed by atoms with Crippen molar-refractivity contribution in [2.75, 3.05) is 0 Å². The lowest BCUT2D eigenvalue weighted by molar-refractivity contribution is 1.05. The molecule has 0 aliphatic rings. The number of aromatic nitrogens is 4. The number of rotatable bonds is 2. The van der Waals surface area contributed by atoms with E-state index in [4.69, 9.17) is 23.2 Å². The first-order chi connectivity index (χ1) is 9.19. The highest BCUT2D eigenvalue weighted by Gasteiger charge is 2.13. The molecule has 0 aromatic carbocycles. The molecule has 3 heterocycles. The van der Waals surface area contributed by atoms with Crippen LogP contribution >= 0.6 is 23.2 Å². The minimum atomic E-state index is 0.384. The van der Waals surface area contributed by atoms with Crippen LogP contribution in [0.25, 0.3) is 17.2 Å². The standard InChI is InChI=1S/C13H10Cl2N4/c1-2-8-11(14)17-13(18-12(8)15)9-7-19-6-4-3-5-10(19)16-9/h3-7H,2H2,1H3.